The van der Waals surface area contributed by atoms with Crippen LogP contribution < -0.4 is 0 Å². The number of halogens is 1. The minimum absolute atomic E-state index is 0.144. The lowest BCUT2D eigenvalue weighted by Crippen LogP contribution is -2.39. The molecule has 0 saturated carbocycles. The predicted octanol–water partition coefficient (Wildman–Crippen LogP) is 3.25. The van der Waals surface area contributed by atoms with Crippen molar-refractivity contribution in [1.82, 2.24) is 9.88 Å². The summed E-state index contributed by atoms with van der Waals surface area (Å²) in [5, 5.41) is 9.26. The summed E-state index contributed by atoms with van der Waals surface area (Å²) in [5.41, 5.74) is 0.341. The van der Waals surface area contributed by atoms with Crippen LogP contribution in [0, 0.1) is 12.7 Å². The Kier molecular flexibility index (Phi) is 4.91. The molecule has 0 atom stereocenters. The number of hydrogen-bond donors (Lipinski definition) is 1. The van der Waals surface area contributed by atoms with Gasteiger partial charge in [-0.2, -0.15) is 0 Å². The van der Waals surface area contributed by atoms with E-state index >= 15 is 0 Å². The second-order valence-corrected chi connectivity index (χ2v) is 6.66. The molecule has 2 rings (SSSR count). The molecular weight excluding hydrogens is 315 g/mol. The number of nitrogens with zero attached hydrogens (tertiary/aromatic N) is 2. The van der Waals surface area contributed by atoms with Gasteiger partial charge in [0.1, 0.15) is 11.4 Å². The number of ether oxygens (including phenoxy) is 1. The molecule has 0 saturated heterocycles. The smallest absolute Gasteiger partial charge is 0.410 e. The first-order valence-electron chi connectivity index (χ1n) is 7.66. The fraction of sp³-hybridized carbons (Fsp3) is 0.471. The Hall–Kier alpha value is -2.44. The number of carboxylic acids is 1. The maximum absolute atomic E-state index is 13.6. The SMILES string of the molecule is Cc1nc(C2=CCN(C(=O)OC(C)(C)C)CC2)c(C(=O)O)cc1F. The maximum Gasteiger partial charge on any atom is 0.410 e. The first-order valence-corrected chi connectivity index (χ1v) is 7.66. The Morgan fingerprint density at radius 1 is 1.38 bits per heavy atom. The average molecular weight is 336 g/mol. The fourth-order valence-corrected chi connectivity index (χ4v) is 2.37. The second kappa shape index (κ2) is 6.59. The second-order valence-electron chi connectivity index (χ2n) is 6.66. The number of aromatic nitrogens is 1. The van der Waals surface area contributed by atoms with Crippen LogP contribution in [0.3, 0.4) is 0 Å². The van der Waals surface area contributed by atoms with Gasteiger partial charge >= 0.3 is 12.1 Å². The van der Waals surface area contributed by atoms with Gasteiger partial charge in [0.15, 0.2) is 0 Å². The average Bonchev–Trinajstić information content (AvgIpc) is 2.48. The number of carboxylic acid groups (broad SMARTS) is 1. The minimum atomic E-state index is -1.23. The molecular formula is C17H21FN2O4. The van der Waals surface area contributed by atoms with Crippen LogP contribution in [0.5, 0.6) is 0 Å². The van der Waals surface area contributed by atoms with Gasteiger partial charge in [-0.1, -0.05) is 6.08 Å². The summed E-state index contributed by atoms with van der Waals surface area (Å²) in [6.45, 7) is 7.54. The summed E-state index contributed by atoms with van der Waals surface area (Å²) in [6.07, 6.45) is 1.75. The molecule has 0 fully saturated rings. The van der Waals surface area contributed by atoms with E-state index in [2.05, 4.69) is 4.98 Å². The lowest BCUT2D eigenvalue weighted by molar-refractivity contribution is 0.0270. The highest BCUT2D eigenvalue weighted by molar-refractivity contribution is 5.93. The van der Waals surface area contributed by atoms with Gasteiger partial charge < -0.3 is 14.7 Å². The van der Waals surface area contributed by atoms with Gasteiger partial charge in [-0.05, 0) is 45.8 Å². The van der Waals surface area contributed by atoms with E-state index in [9.17, 15) is 19.1 Å². The molecule has 1 aliphatic heterocycles. The molecule has 130 valence electrons. The Balaban J connectivity index is 2.23. The highest BCUT2D eigenvalue weighted by atomic mass is 19.1. The standard InChI is InChI=1S/C17H21FN2O4/c1-10-13(18)9-12(15(21)22)14(19-10)11-5-7-20(8-6-11)16(23)24-17(2,3)4/h5,9H,6-8H2,1-4H3,(H,21,22). The van der Waals surface area contributed by atoms with Crippen LogP contribution in [0.15, 0.2) is 12.1 Å². The third-order valence-corrected chi connectivity index (χ3v) is 3.55. The highest BCUT2D eigenvalue weighted by Crippen LogP contribution is 2.26. The van der Waals surface area contributed by atoms with E-state index in [1.807, 2.05) is 0 Å². The summed E-state index contributed by atoms with van der Waals surface area (Å²) >= 11 is 0. The first-order chi connectivity index (χ1) is 11.1. The van der Waals surface area contributed by atoms with Crippen molar-refractivity contribution in [1.29, 1.82) is 0 Å². The normalized spacial score (nSPS) is 15.0. The topological polar surface area (TPSA) is 79.7 Å². The first kappa shape index (κ1) is 17.9. The van der Waals surface area contributed by atoms with E-state index in [0.29, 0.717) is 25.1 Å². The van der Waals surface area contributed by atoms with Gasteiger partial charge in [0.2, 0.25) is 0 Å². The molecule has 7 heteroatoms. The summed E-state index contributed by atoms with van der Waals surface area (Å²) in [4.78, 5) is 29.0. The molecule has 0 unspecified atom stereocenters. The lowest BCUT2D eigenvalue weighted by atomic mass is 9.99. The summed E-state index contributed by atoms with van der Waals surface area (Å²) in [6, 6.07) is 0.987. The van der Waals surface area contributed by atoms with E-state index < -0.39 is 23.5 Å². The molecule has 0 bridgehead atoms. The van der Waals surface area contributed by atoms with E-state index in [-0.39, 0.29) is 17.0 Å². The van der Waals surface area contributed by atoms with E-state index in [1.54, 1.807) is 26.8 Å². The molecule has 1 N–H and O–H groups in total. The monoisotopic (exact) mass is 336 g/mol. The van der Waals surface area contributed by atoms with Crippen LogP contribution in [0.25, 0.3) is 5.57 Å². The molecule has 24 heavy (non-hydrogen) atoms. The van der Waals surface area contributed by atoms with E-state index in [0.717, 1.165) is 6.07 Å². The van der Waals surface area contributed by atoms with Crippen LogP contribution in [-0.2, 0) is 4.74 Å². The molecule has 2 heterocycles. The number of carbonyl (C=O) groups is 2. The molecule has 0 spiro atoms. The number of amides is 1. The Morgan fingerprint density at radius 2 is 2.04 bits per heavy atom. The third-order valence-electron chi connectivity index (χ3n) is 3.55. The van der Waals surface area contributed by atoms with Crippen molar-refractivity contribution in [2.24, 2.45) is 0 Å². The molecule has 1 amide bonds. The van der Waals surface area contributed by atoms with Crippen LogP contribution in [-0.4, -0.2) is 45.7 Å². The largest absolute Gasteiger partial charge is 0.478 e. The zero-order valence-electron chi connectivity index (χ0n) is 14.2. The fourth-order valence-electron chi connectivity index (χ4n) is 2.37. The van der Waals surface area contributed by atoms with Gasteiger partial charge in [0, 0.05) is 13.1 Å². The lowest BCUT2D eigenvalue weighted by Gasteiger charge is -2.29. The van der Waals surface area contributed by atoms with Gasteiger partial charge in [0.05, 0.1) is 17.0 Å². The molecule has 1 aliphatic rings. The number of aryl methyl sites for hydroxylation is 1. The Morgan fingerprint density at radius 3 is 2.54 bits per heavy atom. The van der Waals surface area contributed by atoms with E-state index in [1.165, 1.54) is 11.8 Å². The van der Waals surface area contributed by atoms with Crippen molar-refractivity contribution in [3.05, 3.63) is 34.9 Å². The van der Waals surface area contributed by atoms with Crippen LogP contribution in [0.1, 0.15) is 48.9 Å². The molecule has 0 radical (unpaired) electrons. The van der Waals surface area contributed by atoms with Gasteiger partial charge in [0.25, 0.3) is 0 Å². The zero-order valence-corrected chi connectivity index (χ0v) is 14.2. The minimum Gasteiger partial charge on any atom is -0.478 e. The van der Waals surface area contributed by atoms with E-state index in [4.69, 9.17) is 4.74 Å². The molecule has 1 aromatic rings. The summed E-state index contributed by atoms with van der Waals surface area (Å²) in [7, 11) is 0. The van der Waals surface area contributed by atoms with Crippen molar-refractivity contribution in [2.45, 2.75) is 39.7 Å². The van der Waals surface area contributed by atoms with Crippen molar-refractivity contribution in [3.63, 3.8) is 0 Å². The Labute approximate surface area is 139 Å². The quantitative estimate of drug-likeness (QED) is 0.897. The molecule has 1 aromatic heterocycles. The summed E-state index contributed by atoms with van der Waals surface area (Å²) in [5.74, 6) is -1.88. The van der Waals surface area contributed by atoms with Crippen LogP contribution in [0.2, 0.25) is 0 Å². The molecule has 0 aromatic carbocycles. The number of aromatic carboxylic acids is 1. The number of pyridine rings is 1. The summed E-state index contributed by atoms with van der Waals surface area (Å²) < 4.78 is 18.9. The van der Waals surface area contributed by atoms with Crippen molar-refractivity contribution >= 4 is 17.6 Å². The molecule has 6 nitrogen and oxygen atoms in total. The van der Waals surface area contributed by atoms with Gasteiger partial charge in [-0.3, -0.25) is 0 Å². The molecule has 0 aliphatic carbocycles. The third kappa shape index (κ3) is 4.10. The zero-order chi connectivity index (χ0) is 18.1. The Bertz CT molecular complexity index is 707. The number of carbonyl (C=O) groups excluding carboxylic acids is 1. The predicted molar refractivity (Wildman–Crippen MR) is 86.3 cm³/mol. The number of rotatable bonds is 2. The van der Waals surface area contributed by atoms with Gasteiger partial charge in [-0.15, -0.1) is 0 Å². The van der Waals surface area contributed by atoms with Crippen LogP contribution in [0.4, 0.5) is 9.18 Å². The van der Waals surface area contributed by atoms with Crippen molar-refractivity contribution in [2.75, 3.05) is 13.1 Å². The number of hydrogen-bond acceptors (Lipinski definition) is 4. The van der Waals surface area contributed by atoms with Gasteiger partial charge in [-0.25, -0.2) is 19.0 Å². The van der Waals surface area contributed by atoms with Crippen molar-refractivity contribution in [3.8, 4) is 0 Å². The van der Waals surface area contributed by atoms with Crippen molar-refractivity contribution < 1.29 is 23.8 Å². The highest BCUT2D eigenvalue weighted by Gasteiger charge is 2.26. The maximum atomic E-state index is 13.6. The van der Waals surface area contributed by atoms with Crippen LogP contribution >= 0.6 is 0 Å².